The molecule has 1 atom stereocenters. The number of fused-ring (bicyclic) bond motifs is 1. The second-order valence-corrected chi connectivity index (χ2v) is 4.67. The maximum atomic E-state index is 11.5. The molecular formula is C14H15ClN2O. The van der Waals surface area contributed by atoms with Gasteiger partial charge in [0.2, 0.25) is 5.91 Å². The summed E-state index contributed by atoms with van der Waals surface area (Å²) in [6.07, 6.45) is 3.22. The van der Waals surface area contributed by atoms with Crippen LogP contribution in [0.5, 0.6) is 0 Å². The van der Waals surface area contributed by atoms with E-state index in [2.05, 4.69) is 4.98 Å². The Labute approximate surface area is 111 Å². The highest BCUT2D eigenvalue weighted by Crippen LogP contribution is 2.32. The smallest absolute Gasteiger partial charge is 0.225 e. The van der Waals surface area contributed by atoms with Gasteiger partial charge in [0.25, 0.3) is 0 Å². The molecule has 2 rings (SSSR count). The first kappa shape index (κ1) is 12.8. The summed E-state index contributed by atoms with van der Waals surface area (Å²) in [6.45, 7) is 2.01. The molecule has 1 amide bonds. The largest absolute Gasteiger partial charge is 0.369 e. The first-order valence-corrected chi connectivity index (χ1v) is 6.35. The predicted octanol–water partition coefficient (Wildman–Crippen LogP) is 3.26. The molecule has 1 aromatic heterocycles. The van der Waals surface area contributed by atoms with Gasteiger partial charge in [0, 0.05) is 17.1 Å². The summed E-state index contributed by atoms with van der Waals surface area (Å²) < 4.78 is 0. The standard InChI is InChI=1S/C14H15ClN2O/c1-2-5-9(14(16)18)11-8-17-12-7-4-3-6-10(12)13(11)15/h3-4,6-9H,2,5H2,1H3,(H2,16,18). The van der Waals surface area contributed by atoms with Crippen molar-refractivity contribution >= 4 is 28.4 Å². The Bertz CT molecular complexity index is 583. The molecule has 1 unspecified atom stereocenters. The van der Waals surface area contributed by atoms with Gasteiger partial charge < -0.3 is 5.73 Å². The van der Waals surface area contributed by atoms with Crippen LogP contribution >= 0.6 is 11.6 Å². The van der Waals surface area contributed by atoms with Gasteiger partial charge >= 0.3 is 0 Å². The molecule has 0 fully saturated rings. The summed E-state index contributed by atoms with van der Waals surface area (Å²) in [5, 5.41) is 1.44. The van der Waals surface area contributed by atoms with Gasteiger partial charge in [0.05, 0.1) is 16.5 Å². The quantitative estimate of drug-likeness (QED) is 0.919. The molecule has 0 saturated carbocycles. The Hall–Kier alpha value is -1.61. The number of aromatic nitrogens is 1. The number of pyridine rings is 1. The maximum Gasteiger partial charge on any atom is 0.225 e. The lowest BCUT2D eigenvalue weighted by Gasteiger charge is -2.15. The Morgan fingerprint density at radius 1 is 1.44 bits per heavy atom. The van der Waals surface area contributed by atoms with E-state index in [-0.39, 0.29) is 11.8 Å². The second-order valence-electron chi connectivity index (χ2n) is 4.29. The van der Waals surface area contributed by atoms with E-state index in [9.17, 15) is 4.79 Å². The average Bonchev–Trinajstić information content (AvgIpc) is 2.37. The second kappa shape index (κ2) is 5.36. The van der Waals surface area contributed by atoms with E-state index < -0.39 is 0 Å². The van der Waals surface area contributed by atoms with Gasteiger partial charge in [-0.1, -0.05) is 43.1 Å². The summed E-state index contributed by atoms with van der Waals surface area (Å²) >= 11 is 6.37. The van der Waals surface area contributed by atoms with Crippen LogP contribution in [-0.2, 0) is 4.79 Å². The van der Waals surface area contributed by atoms with E-state index in [1.165, 1.54) is 0 Å². The minimum Gasteiger partial charge on any atom is -0.369 e. The Balaban J connectivity index is 2.56. The third-order valence-electron chi connectivity index (χ3n) is 3.03. The number of para-hydroxylation sites is 1. The van der Waals surface area contributed by atoms with Gasteiger partial charge in [-0.3, -0.25) is 9.78 Å². The summed E-state index contributed by atoms with van der Waals surface area (Å²) in [4.78, 5) is 15.8. The summed E-state index contributed by atoms with van der Waals surface area (Å²) in [5.74, 6) is -0.713. The Morgan fingerprint density at radius 2 is 2.17 bits per heavy atom. The number of carbonyl (C=O) groups is 1. The van der Waals surface area contributed by atoms with Crippen LogP contribution in [0.2, 0.25) is 5.02 Å². The normalized spacial score (nSPS) is 12.6. The first-order chi connectivity index (χ1) is 8.65. The molecule has 2 aromatic rings. The minimum atomic E-state index is -0.361. The predicted molar refractivity (Wildman–Crippen MR) is 73.6 cm³/mol. The van der Waals surface area contributed by atoms with E-state index in [0.717, 1.165) is 22.9 Å². The van der Waals surface area contributed by atoms with Gasteiger partial charge in [-0.2, -0.15) is 0 Å². The number of primary amides is 1. The third kappa shape index (κ3) is 2.31. The zero-order valence-electron chi connectivity index (χ0n) is 10.2. The van der Waals surface area contributed by atoms with Crippen molar-refractivity contribution in [3.63, 3.8) is 0 Å². The molecule has 0 bridgehead atoms. The van der Waals surface area contributed by atoms with Crippen LogP contribution in [0.1, 0.15) is 31.2 Å². The number of nitrogens with zero attached hydrogens (tertiary/aromatic N) is 1. The molecule has 1 aromatic carbocycles. The van der Waals surface area contributed by atoms with Crippen molar-refractivity contribution < 1.29 is 4.79 Å². The third-order valence-corrected chi connectivity index (χ3v) is 3.45. The fourth-order valence-corrected chi connectivity index (χ4v) is 2.45. The van der Waals surface area contributed by atoms with Crippen molar-refractivity contribution in [2.24, 2.45) is 5.73 Å². The molecule has 18 heavy (non-hydrogen) atoms. The van der Waals surface area contributed by atoms with Crippen LogP contribution < -0.4 is 5.73 Å². The number of hydrogen-bond acceptors (Lipinski definition) is 2. The first-order valence-electron chi connectivity index (χ1n) is 5.97. The highest BCUT2D eigenvalue weighted by atomic mass is 35.5. The summed E-state index contributed by atoms with van der Waals surface area (Å²) in [5.41, 5.74) is 6.99. The zero-order valence-corrected chi connectivity index (χ0v) is 10.9. The summed E-state index contributed by atoms with van der Waals surface area (Å²) in [6, 6.07) is 7.60. The molecule has 0 aliphatic carbocycles. The highest BCUT2D eigenvalue weighted by Gasteiger charge is 2.21. The number of carbonyl (C=O) groups excluding carboxylic acids is 1. The molecule has 0 spiro atoms. The molecule has 2 N–H and O–H groups in total. The van der Waals surface area contributed by atoms with Crippen molar-refractivity contribution in [2.75, 3.05) is 0 Å². The fourth-order valence-electron chi connectivity index (χ4n) is 2.11. The minimum absolute atomic E-state index is 0.351. The molecule has 0 aliphatic rings. The Kier molecular flexibility index (Phi) is 3.82. The van der Waals surface area contributed by atoms with E-state index in [4.69, 9.17) is 17.3 Å². The molecule has 0 aliphatic heterocycles. The fraction of sp³-hybridized carbons (Fsp3) is 0.286. The number of hydrogen-bond donors (Lipinski definition) is 1. The molecule has 0 radical (unpaired) electrons. The average molecular weight is 263 g/mol. The molecule has 1 heterocycles. The van der Waals surface area contributed by atoms with Gasteiger partial charge in [-0.15, -0.1) is 0 Å². The van der Waals surface area contributed by atoms with Gasteiger partial charge in [-0.25, -0.2) is 0 Å². The van der Waals surface area contributed by atoms with Crippen molar-refractivity contribution in [1.82, 2.24) is 4.98 Å². The summed E-state index contributed by atoms with van der Waals surface area (Å²) in [7, 11) is 0. The number of benzene rings is 1. The monoisotopic (exact) mass is 262 g/mol. The number of amides is 1. The van der Waals surface area contributed by atoms with E-state index >= 15 is 0 Å². The van der Waals surface area contributed by atoms with Crippen LogP contribution in [-0.4, -0.2) is 10.9 Å². The molecule has 3 nitrogen and oxygen atoms in total. The van der Waals surface area contributed by atoms with Crippen molar-refractivity contribution in [2.45, 2.75) is 25.7 Å². The van der Waals surface area contributed by atoms with Crippen LogP contribution in [0.4, 0.5) is 0 Å². The number of rotatable bonds is 4. The zero-order chi connectivity index (χ0) is 13.1. The number of halogens is 1. The Morgan fingerprint density at radius 3 is 2.83 bits per heavy atom. The van der Waals surface area contributed by atoms with Crippen molar-refractivity contribution in [1.29, 1.82) is 0 Å². The lowest BCUT2D eigenvalue weighted by molar-refractivity contribution is -0.119. The topological polar surface area (TPSA) is 56.0 Å². The molecule has 0 saturated heterocycles. The van der Waals surface area contributed by atoms with Crippen LogP contribution in [0.15, 0.2) is 30.5 Å². The van der Waals surface area contributed by atoms with Crippen LogP contribution in [0.3, 0.4) is 0 Å². The molecule has 4 heteroatoms. The maximum absolute atomic E-state index is 11.5. The highest BCUT2D eigenvalue weighted by molar-refractivity contribution is 6.36. The van der Waals surface area contributed by atoms with E-state index in [1.807, 2.05) is 31.2 Å². The number of nitrogens with two attached hydrogens (primary N) is 1. The van der Waals surface area contributed by atoms with Crippen LogP contribution in [0, 0.1) is 0 Å². The molecular weight excluding hydrogens is 248 g/mol. The lowest BCUT2D eigenvalue weighted by Crippen LogP contribution is -2.21. The van der Waals surface area contributed by atoms with Gasteiger partial charge in [0.15, 0.2) is 0 Å². The van der Waals surface area contributed by atoms with Gasteiger partial charge in [0.1, 0.15) is 0 Å². The van der Waals surface area contributed by atoms with Crippen molar-refractivity contribution in [3.05, 3.63) is 41.0 Å². The van der Waals surface area contributed by atoms with Crippen molar-refractivity contribution in [3.8, 4) is 0 Å². The van der Waals surface area contributed by atoms with Gasteiger partial charge in [-0.05, 0) is 12.5 Å². The lowest BCUT2D eigenvalue weighted by atomic mass is 9.94. The van der Waals surface area contributed by atoms with Crippen LogP contribution in [0.25, 0.3) is 10.9 Å². The SMILES string of the molecule is CCCC(C(N)=O)c1cnc2ccccc2c1Cl. The van der Waals surface area contributed by atoms with E-state index in [0.29, 0.717) is 11.4 Å². The van der Waals surface area contributed by atoms with E-state index in [1.54, 1.807) is 6.20 Å². The molecule has 94 valence electrons.